The zero-order valence-electron chi connectivity index (χ0n) is 16.1. The van der Waals surface area contributed by atoms with Crippen LogP contribution < -0.4 is 16.0 Å². The summed E-state index contributed by atoms with van der Waals surface area (Å²) in [6.45, 7) is 4.83. The Morgan fingerprint density at radius 3 is 2.52 bits per heavy atom. The molecule has 0 unspecified atom stereocenters. The largest absolute Gasteiger partial charge is 0.483 e. The fourth-order valence-corrected chi connectivity index (χ4v) is 3.22. The molecule has 4 rings (SSSR count). The summed E-state index contributed by atoms with van der Waals surface area (Å²) in [5.41, 5.74) is 0.891. The number of ketones is 1. The molecule has 0 spiro atoms. The minimum absolute atomic E-state index is 0.117. The molecule has 0 aliphatic rings. The van der Waals surface area contributed by atoms with Gasteiger partial charge < -0.3 is 13.6 Å². The van der Waals surface area contributed by atoms with Gasteiger partial charge in [-0.05, 0) is 45.0 Å². The molecule has 29 heavy (non-hydrogen) atoms. The van der Waals surface area contributed by atoms with E-state index < -0.39 is 17.4 Å². The number of hydrogen-bond donors (Lipinski definition) is 0. The van der Waals surface area contributed by atoms with Crippen molar-refractivity contribution >= 4 is 27.7 Å². The van der Waals surface area contributed by atoms with Gasteiger partial charge in [0.1, 0.15) is 16.9 Å². The first kappa shape index (κ1) is 18.7. The van der Waals surface area contributed by atoms with Gasteiger partial charge in [0.15, 0.2) is 11.9 Å². The van der Waals surface area contributed by atoms with Gasteiger partial charge in [-0.15, -0.1) is 0 Å². The van der Waals surface area contributed by atoms with Crippen molar-refractivity contribution in [3.63, 3.8) is 0 Å². The third kappa shape index (κ3) is 3.33. The van der Waals surface area contributed by atoms with E-state index in [1.165, 1.54) is 13.0 Å². The van der Waals surface area contributed by atoms with Crippen molar-refractivity contribution in [3.8, 4) is 16.9 Å². The highest BCUT2D eigenvalue weighted by atomic mass is 16.5. The van der Waals surface area contributed by atoms with Crippen LogP contribution in [0.4, 0.5) is 0 Å². The number of Topliss-reactive ketones (excluding diaryl/α,β-unsaturated/α-hetero) is 1. The highest BCUT2D eigenvalue weighted by Gasteiger charge is 2.18. The smallest absolute Gasteiger partial charge is 0.344 e. The first-order chi connectivity index (χ1) is 13.8. The van der Waals surface area contributed by atoms with E-state index in [0.29, 0.717) is 33.4 Å². The van der Waals surface area contributed by atoms with Crippen LogP contribution in [0.2, 0.25) is 0 Å². The lowest BCUT2D eigenvalue weighted by Gasteiger charge is -2.15. The fourth-order valence-electron chi connectivity index (χ4n) is 3.22. The van der Waals surface area contributed by atoms with Crippen LogP contribution in [-0.4, -0.2) is 11.9 Å². The van der Waals surface area contributed by atoms with Crippen LogP contribution in [0.1, 0.15) is 19.4 Å². The van der Waals surface area contributed by atoms with E-state index in [0.717, 1.165) is 5.39 Å². The highest BCUT2D eigenvalue weighted by Crippen LogP contribution is 2.33. The molecule has 1 atom stereocenters. The number of rotatable bonds is 4. The third-order valence-corrected chi connectivity index (χ3v) is 4.92. The maximum atomic E-state index is 12.6. The maximum absolute atomic E-state index is 12.6. The SMILES string of the molecule is CC(=O)[C@H](C)Oc1ccc2c(-c3cc4ccccc4oc3=O)cc(=O)oc2c1C. The quantitative estimate of drug-likeness (QED) is 0.485. The van der Waals surface area contributed by atoms with Gasteiger partial charge in [-0.3, -0.25) is 4.79 Å². The lowest BCUT2D eigenvalue weighted by molar-refractivity contribution is -0.122. The number of carbonyl (C=O) groups is 1. The monoisotopic (exact) mass is 390 g/mol. The summed E-state index contributed by atoms with van der Waals surface area (Å²) in [4.78, 5) is 36.4. The molecule has 0 bridgehead atoms. The average Bonchev–Trinajstić information content (AvgIpc) is 2.69. The van der Waals surface area contributed by atoms with Crippen molar-refractivity contribution in [2.24, 2.45) is 0 Å². The van der Waals surface area contributed by atoms with Gasteiger partial charge in [-0.1, -0.05) is 18.2 Å². The molecule has 6 heteroatoms. The Morgan fingerprint density at radius 1 is 1.00 bits per heavy atom. The molecule has 0 aliphatic carbocycles. The minimum Gasteiger partial charge on any atom is -0.483 e. The molecule has 6 nitrogen and oxygen atoms in total. The molecule has 0 aliphatic heterocycles. The van der Waals surface area contributed by atoms with E-state index in [4.69, 9.17) is 13.6 Å². The fraction of sp³-hybridized carbons (Fsp3) is 0.174. The molecule has 4 aromatic rings. The topological polar surface area (TPSA) is 86.7 Å². The van der Waals surface area contributed by atoms with Crippen molar-refractivity contribution in [2.45, 2.75) is 26.9 Å². The van der Waals surface area contributed by atoms with Crippen molar-refractivity contribution in [3.05, 3.63) is 74.9 Å². The summed E-state index contributed by atoms with van der Waals surface area (Å²) < 4.78 is 16.5. The Kier molecular flexibility index (Phi) is 4.54. The second-order valence-corrected chi connectivity index (χ2v) is 6.90. The van der Waals surface area contributed by atoms with Gasteiger partial charge in [-0.2, -0.15) is 0 Å². The molecule has 0 saturated carbocycles. The van der Waals surface area contributed by atoms with E-state index in [1.807, 2.05) is 12.1 Å². The Hall–Kier alpha value is -3.67. The Bertz CT molecular complexity index is 1380. The van der Waals surface area contributed by atoms with Gasteiger partial charge in [0, 0.05) is 28.0 Å². The van der Waals surface area contributed by atoms with E-state index in [1.54, 1.807) is 44.2 Å². The summed E-state index contributed by atoms with van der Waals surface area (Å²) >= 11 is 0. The second kappa shape index (κ2) is 7.05. The van der Waals surface area contributed by atoms with Gasteiger partial charge in [-0.25, -0.2) is 9.59 Å². The van der Waals surface area contributed by atoms with Crippen LogP contribution >= 0.6 is 0 Å². The molecule has 0 amide bonds. The van der Waals surface area contributed by atoms with Crippen LogP contribution in [0.15, 0.2) is 67.0 Å². The van der Waals surface area contributed by atoms with Crippen LogP contribution in [-0.2, 0) is 4.79 Å². The lowest BCUT2D eigenvalue weighted by atomic mass is 10.0. The molecule has 0 N–H and O–H groups in total. The number of carbonyl (C=O) groups excluding carboxylic acids is 1. The summed E-state index contributed by atoms with van der Waals surface area (Å²) in [7, 11) is 0. The predicted molar refractivity (Wildman–Crippen MR) is 109 cm³/mol. The first-order valence-corrected chi connectivity index (χ1v) is 9.13. The second-order valence-electron chi connectivity index (χ2n) is 6.90. The summed E-state index contributed by atoms with van der Waals surface area (Å²) in [5, 5.41) is 1.32. The molecule has 146 valence electrons. The van der Waals surface area contributed by atoms with E-state index >= 15 is 0 Å². The van der Waals surface area contributed by atoms with Crippen molar-refractivity contribution in [1.29, 1.82) is 0 Å². The number of aryl methyl sites for hydroxylation is 1. The highest BCUT2D eigenvalue weighted by molar-refractivity contribution is 5.97. The minimum atomic E-state index is -0.631. The molecular formula is C23H18O6. The molecule has 2 aromatic carbocycles. The van der Waals surface area contributed by atoms with Crippen LogP contribution in [0, 0.1) is 6.92 Å². The number of benzene rings is 2. The third-order valence-electron chi connectivity index (χ3n) is 4.92. The zero-order chi connectivity index (χ0) is 20.7. The van der Waals surface area contributed by atoms with Gasteiger partial charge in [0.05, 0.1) is 5.56 Å². The van der Waals surface area contributed by atoms with E-state index in [9.17, 15) is 14.4 Å². The van der Waals surface area contributed by atoms with E-state index in [-0.39, 0.29) is 11.3 Å². The van der Waals surface area contributed by atoms with Crippen LogP contribution in [0.5, 0.6) is 5.75 Å². The lowest BCUT2D eigenvalue weighted by Crippen LogP contribution is -2.21. The van der Waals surface area contributed by atoms with E-state index in [2.05, 4.69) is 0 Å². The Labute approximate surface area is 165 Å². The molecule has 0 fully saturated rings. The van der Waals surface area contributed by atoms with Crippen LogP contribution in [0.25, 0.3) is 33.1 Å². The molecular weight excluding hydrogens is 372 g/mol. The van der Waals surface area contributed by atoms with Crippen molar-refractivity contribution in [2.75, 3.05) is 0 Å². The normalized spacial score (nSPS) is 12.2. The number of para-hydroxylation sites is 1. The van der Waals surface area contributed by atoms with Gasteiger partial charge in [0.25, 0.3) is 0 Å². The molecule has 2 aromatic heterocycles. The summed E-state index contributed by atoms with van der Waals surface area (Å²) in [6, 6.07) is 13.5. The van der Waals surface area contributed by atoms with Crippen molar-refractivity contribution < 1.29 is 18.4 Å². The standard InChI is InChI=1S/C23H18O6/c1-12-19(27-14(3)13(2)24)9-8-16-17(11-21(25)29-22(12)16)18-10-15-6-4-5-7-20(15)28-23(18)26/h4-11,14H,1-3H3/t14-/m0/s1. The summed E-state index contributed by atoms with van der Waals surface area (Å²) in [5.74, 6) is 0.319. The Morgan fingerprint density at radius 2 is 1.76 bits per heavy atom. The zero-order valence-corrected chi connectivity index (χ0v) is 16.1. The summed E-state index contributed by atoms with van der Waals surface area (Å²) in [6.07, 6.45) is -0.631. The number of hydrogen-bond acceptors (Lipinski definition) is 6. The molecule has 0 radical (unpaired) electrons. The van der Waals surface area contributed by atoms with Gasteiger partial charge >= 0.3 is 11.3 Å². The first-order valence-electron chi connectivity index (χ1n) is 9.13. The average molecular weight is 390 g/mol. The molecule has 0 saturated heterocycles. The molecule has 2 heterocycles. The van der Waals surface area contributed by atoms with Gasteiger partial charge in [0.2, 0.25) is 0 Å². The predicted octanol–water partition coefficient (Wildman–Crippen LogP) is 4.23. The number of fused-ring (bicyclic) bond motifs is 2. The maximum Gasteiger partial charge on any atom is 0.344 e. The van der Waals surface area contributed by atoms with Crippen LogP contribution in [0.3, 0.4) is 0 Å². The Balaban J connectivity index is 1.96. The van der Waals surface area contributed by atoms with Crippen molar-refractivity contribution in [1.82, 2.24) is 0 Å². The number of ether oxygens (including phenoxy) is 1.